The Morgan fingerprint density at radius 3 is 1.16 bits per heavy atom. The molecule has 21 nitrogen and oxygen atoms in total. The third kappa shape index (κ3) is 24.2. The van der Waals surface area contributed by atoms with E-state index in [9.17, 15) is 14.4 Å². The molecule has 3 saturated heterocycles. The second kappa shape index (κ2) is 37.3. The first-order valence-corrected chi connectivity index (χ1v) is 34.8. The van der Waals surface area contributed by atoms with Crippen molar-refractivity contribution in [1.29, 1.82) is 0 Å². The first-order valence-electron chi connectivity index (χ1n) is 34.8. The summed E-state index contributed by atoms with van der Waals surface area (Å²) >= 11 is 0. The van der Waals surface area contributed by atoms with Gasteiger partial charge in [-0.05, 0) is 118 Å². The van der Waals surface area contributed by atoms with Crippen molar-refractivity contribution < 1.29 is 90.2 Å². The van der Waals surface area contributed by atoms with Gasteiger partial charge in [0.25, 0.3) is 0 Å². The molecule has 5 aromatic carbocycles. The van der Waals surface area contributed by atoms with E-state index >= 15 is 4.79 Å². The number of rotatable bonds is 31. The summed E-state index contributed by atoms with van der Waals surface area (Å²) < 4.78 is 103. The Balaban J connectivity index is 1.29. The number of hydrogen-bond donors (Lipinski definition) is 1. The second-order valence-corrected chi connectivity index (χ2v) is 30.0. The van der Waals surface area contributed by atoms with Crippen molar-refractivity contribution in [2.24, 2.45) is 22.2 Å². The number of hydrogen-bond acceptors (Lipinski definition) is 20. The summed E-state index contributed by atoms with van der Waals surface area (Å²) in [5, 5.41) is 2.74. The van der Waals surface area contributed by atoms with Crippen LogP contribution in [0.4, 0.5) is 4.79 Å². The summed E-state index contributed by atoms with van der Waals surface area (Å²) in [6, 6.07) is 47.3. The zero-order valence-electron chi connectivity index (χ0n) is 61.2. The molecule has 3 aliphatic heterocycles. The van der Waals surface area contributed by atoms with Gasteiger partial charge < -0.3 is 76.4 Å². The van der Waals surface area contributed by atoms with Gasteiger partial charge in [0.05, 0.1) is 82.3 Å². The Hall–Kier alpha value is -7.14. The van der Waals surface area contributed by atoms with E-state index in [1.54, 1.807) is 83.1 Å². The van der Waals surface area contributed by atoms with Crippen LogP contribution >= 0.6 is 0 Å². The lowest BCUT2D eigenvalue weighted by atomic mass is 9.86. The smallest absolute Gasteiger partial charge is 0.407 e. The third-order valence-electron chi connectivity index (χ3n) is 17.0. The summed E-state index contributed by atoms with van der Waals surface area (Å²) in [5.41, 5.74) is 0.197. The highest BCUT2D eigenvalue weighted by Gasteiger charge is 2.59. The molecule has 0 aliphatic carbocycles. The largest absolute Gasteiger partial charge is 0.456 e. The SMILES string of the molecule is C#CCN(C)C1C(COCc2ccccc2)OC(OC2C(COCc3ccccc3)OC(OC3C(COCc4ccccc4)OC(OCCNC(=O)OC(C)(C)C)C(OC(=O)C(C)(C)C)C3OCc3ccccc3)C(OC(=O)C(C)(C)C)C2OCc2ccccc2)C(OC(=O)C(C)(C)C)C1C. The Labute approximate surface area is 597 Å². The molecule has 3 heterocycles. The summed E-state index contributed by atoms with van der Waals surface area (Å²) in [4.78, 5) is 59.0. The van der Waals surface area contributed by atoms with Crippen molar-refractivity contribution in [3.63, 3.8) is 0 Å². The van der Waals surface area contributed by atoms with Crippen molar-refractivity contribution in [2.45, 2.75) is 215 Å². The average molecular weight is 1400 g/mol. The van der Waals surface area contributed by atoms with Gasteiger partial charge in [-0.15, -0.1) is 6.42 Å². The molecule has 0 aromatic heterocycles. The maximum Gasteiger partial charge on any atom is 0.407 e. The van der Waals surface area contributed by atoms with E-state index in [0.29, 0.717) is 0 Å². The number of carbonyl (C=O) groups is 4. The van der Waals surface area contributed by atoms with Crippen molar-refractivity contribution in [3.05, 3.63) is 179 Å². The number of ether oxygens (including phenoxy) is 15. The van der Waals surface area contributed by atoms with E-state index in [1.807, 2.05) is 171 Å². The molecule has 3 aliphatic rings. The van der Waals surface area contributed by atoms with E-state index in [4.69, 9.17) is 77.5 Å². The molecule has 0 bridgehead atoms. The fraction of sp³-hybridized carbons (Fsp3) is 0.550. The van der Waals surface area contributed by atoms with Gasteiger partial charge in [-0.25, -0.2) is 4.79 Å². The van der Waals surface area contributed by atoms with Gasteiger partial charge >= 0.3 is 24.0 Å². The van der Waals surface area contributed by atoms with Crippen molar-refractivity contribution in [1.82, 2.24) is 10.2 Å². The van der Waals surface area contributed by atoms with E-state index in [0.717, 1.165) is 27.8 Å². The lowest BCUT2D eigenvalue weighted by Crippen LogP contribution is -2.68. The molecule has 5 aromatic rings. The van der Waals surface area contributed by atoms with Crippen LogP contribution in [-0.2, 0) is 118 Å². The van der Waals surface area contributed by atoms with Gasteiger partial charge in [0, 0.05) is 18.5 Å². The van der Waals surface area contributed by atoms with Crippen LogP contribution < -0.4 is 5.32 Å². The van der Waals surface area contributed by atoms with Gasteiger partial charge in [-0.3, -0.25) is 19.3 Å². The summed E-state index contributed by atoms with van der Waals surface area (Å²) in [6.45, 7) is 23.0. The first-order chi connectivity index (χ1) is 48.1. The van der Waals surface area contributed by atoms with Gasteiger partial charge in [0.1, 0.15) is 48.3 Å². The molecule has 0 radical (unpaired) electrons. The third-order valence-corrected chi connectivity index (χ3v) is 17.0. The van der Waals surface area contributed by atoms with Crippen molar-refractivity contribution >= 4 is 24.0 Å². The Morgan fingerprint density at radius 2 is 0.782 bits per heavy atom. The highest BCUT2D eigenvalue weighted by atomic mass is 16.8. The molecule has 21 heteroatoms. The minimum absolute atomic E-state index is 0.0336. The Kier molecular flexibility index (Phi) is 29.4. The summed E-state index contributed by atoms with van der Waals surface area (Å²) in [6.07, 6.45) is -11.5. The number of nitrogens with one attached hydrogen (secondary N) is 1. The zero-order chi connectivity index (χ0) is 72.9. The minimum atomic E-state index is -1.63. The standard InChI is InChI=1S/C80H106N2O19/c1-16-43-82(15)62-53(2)63(98-73(83)77(3,4)5)71(93-59(62)50-87-45-54-32-22-17-23-33-54)96-65-61(52-89-47-56-36-26-19-27-37-56)95-72(69(100-75(85)79(9,10)11)67(65)92-49-58-40-30-21-31-41-58)97-64-60(51-88-46-55-34-24-18-25-35-55)94-70(90-44-42-81-76(86)101-80(12,13)14)68(99-74(84)78(6,7)8)66(64)91-48-57-38-28-20-29-39-57/h1,17-41,53,59-72H,42-52H2,2-15H3,(H,81,86). The topological polar surface area (TPSA) is 222 Å². The number of esters is 3. The molecular formula is C80H106N2O19. The lowest BCUT2D eigenvalue weighted by molar-refractivity contribution is -0.384. The van der Waals surface area contributed by atoms with Crippen LogP contribution in [0.1, 0.15) is 118 Å². The van der Waals surface area contributed by atoms with Gasteiger partial charge in [0.15, 0.2) is 37.2 Å². The van der Waals surface area contributed by atoms with Crippen LogP contribution in [0.25, 0.3) is 0 Å². The fourth-order valence-corrected chi connectivity index (χ4v) is 11.7. The highest BCUT2D eigenvalue weighted by Crippen LogP contribution is 2.41. The second-order valence-electron chi connectivity index (χ2n) is 30.0. The molecule has 15 atom stereocenters. The zero-order valence-corrected chi connectivity index (χ0v) is 61.2. The molecule has 101 heavy (non-hydrogen) atoms. The average Bonchev–Trinajstić information content (AvgIpc) is 0.761. The maximum absolute atomic E-state index is 15.1. The monoisotopic (exact) mass is 1400 g/mol. The minimum Gasteiger partial charge on any atom is -0.456 e. The highest BCUT2D eigenvalue weighted by molar-refractivity contribution is 5.76. The number of carbonyl (C=O) groups excluding carboxylic acids is 4. The molecule has 0 spiro atoms. The molecule has 8 rings (SSSR count). The Bertz CT molecular complexity index is 3350. The Morgan fingerprint density at radius 1 is 0.446 bits per heavy atom. The van der Waals surface area contributed by atoms with E-state index in [-0.39, 0.29) is 72.6 Å². The summed E-state index contributed by atoms with van der Waals surface area (Å²) in [7, 11) is 1.89. The predicted octanol–water partition coefficient (Wildman–Crippen LogP) is 11.7. The van der Waals surface area contributed by atoms with Gasteiger partial charge in [0.2, 0.25) is 0 Å². The molecule has 0 saturated carbocycles. The van der Waals surface area contributed by atoms with E-state index in [1.165, 1.54) is 0 Å². The summed E-state index contributed by atoms with van der Waals surface area (Å²) in [5.74, 6) is 0.428. The number of terminal acetylenes is 1. The maximum atomic E-state index is 15.1. The predicted molar refractivity (Wildman–Crippen MR) is 377 cm³/mol. The number of alkyl carbamates (subject to hydrolysis) is 1. The quantitative estimate of drug-likeness (QED) is 0.0188. The van der Waals surface area contributed by atoms with Crippen LogP contribution in [0.15, 0.2) is 152 Å². The van der Waals surface area contributed by atoms with Crippen LogP contribution in [-0.4, -0.2) is 167 Å². The van der Waals surface area contributed by atoms with Gasteiger partial charge in [-0.2, -0.15) is 0 Å². The van der Waals surface area contributed by atoms with Gasteiger partial charge in [-0.1, -0.05) is 165 Å². The normalized spacial score (nSPS) is 25.7. The number of likely N-dealkylation sites (N-methyl/N-ethyl adjacent to an activating group) is 1. The fourth-order valence-electron chi connectivity index (χ4n) is 11.7. The van der Waals surface area contributed by atoms with E-state index in [2.05, 4.69) is 11.2 Å². The van der Waals surface area contributed by atoms with Crippen LogP contribution in [0.2, 0.25) is 0 Å². The first kappa shape index (κ1) is 79.6. The molecule has 550 valence electrons. The number of benzene rings is 5. The lowest BCUT2D eigenvalue weighted by Gasteiger charge is -2.52. The molecule has 1 amide bonds. The number of nitrogens with zero attached hydrogens (tertiary/aromatic N) is 1. The molecule has 15 unspecified atom stereocenters. The van der Waals surface area contributed by atoms with Crippen molar-refractivity contribution in [2.75, 3.05) is 46.6 Å². The van der Waals surface area contributed by atoms with Crippen molar-refractivity contribution in [3.8, 4) is 12.3 Å². The molecule has 1 N–H and O–H groups in total. The van der Waals surface area contributed by atoms with E-state index < -0.39 is 138 Å². The molecule has 3 fully saturated rings. The van der Waals surface area contributed by atoms with Crippen LogP contribution in [0, 0.1) is 34.5 Å². The number of amides is 1. The van der Waals surface area contributed by atoms with Crippen LogP contribution in [0.5, 0.6) is 0 Å². The van der Waals surface area contributed by atoms with Crippen LogP contribution in [0.3, 0.4) is 0 Å². The molecular weight excluding hydrogens is 1290 g/mol.